The molecule has 8 heteroatoms. The van der Waals surface area contributed by atoms with Crippen LogP contribution in [0.3, 0.4) is 0 Å². The highest BCUT2D eigenvalue weighted by atomic mass is 32.2. The molecule has 0 amide bonds. The molecule has 0 saturated heterocycles. The largest absolute Gasteiger partial charge is 0.391 e. The zero-order valence-corrected chi connectivity index (χ0v) is 11.3. The van der Waals surface area contributed by atoms with Crippen molar-refractivity contribution < 1.29 is 10.0 Å². The van der Waals surface area contributed by atoms with Gasteiger partial charge in [0.1, 0.15) is 0 Å². The number of hydrogen-bond donors (Lipinski definition) is 2. The maximum atomic E-state index is 11.3. The van der Waals surface area contributed by atoms with Crippen LogP contribution in [0, 0.1) is 17.0 Å². The van der Waals surface area contributed by atoms with Crippen LogP contribution in [0.1, 0.15) is 11.3 Å². The third-order valence-electron chi connectivity index (χ3n) is 2.48. The summed E-state index contributed by atoms with van der Waals surface area (Å²) in [5.41, 5.74) is 0.405. The van der Waals surface area contributed by atoms with Crippen LogP contribution in [-0.2, 0) is 6.61 Å². The number of rotatable bonds is 4. The van der Waals surface area contributed by atoms with E-state index in [1.54, 1.807) is 13.0 Å². The molecule has 0 unspecified atom stereocenters. The fourth-order valence-corrected chi connectivity index (χ4v) is 2.54. The van der Waals surface area contributed by atoms with E-state index >= 15 is 0 Å². The van der Waals surface area contributed by atoms with Crippen molar-refractivity contribution in [2.75, 3.05) is 0 Å². The van der Waals surface area contributed by atoms with E-state index in [-0.39, 0.29) is 16.8 Å². The molecule has 0 aliphatic rings. The van der Waals surface area contributed by atoms with Gasteiger partial charge in [0.25, 0.3) is 11.2 Å². The summed E-state index contributed by atoms with van der Waals surface area (Å²) in [6.45, 7) is 1.27. The summed E-state index contributed by atoms with van der Waals surface area (Å²) in [6.07, 6.45) is 0. The van der Waals surface area contributed by atoms with Crippen LogP contribution in [0.25, 0.3) is 0 Å². The highest BCUT2D eigenvalue weighted by molar-refractivity contribution is 7.99. The Bertz CT molecular complexity index is 714. The predicted molar refractivity (Wildman–Crippen MR) is 72.7 cm³/mol. The minimum absolute atomic E-state index is 0.137. The Labute approximate surface area is 117 Å². The van der Waals surface area contributed by atoms with Gasteiger partial charge in [-0.05, 0) is 19.1 Å². The molecule has 0 saturated carbocycles. The second kappa shape index (κ2) is 5.85. The van der Waals surface area contributed by atoms with Crippen LogP contribution >= 0.6 is 11.8 Å². The topological polar surface area (TPSA) is 109 Å². The minimum Gasteiger partial charge on any atom is -0.391 e. The zero-order chi connectivity index (χ0) is 14.7. The molecule has 1 aromatic heterocycles. The molecule has 0 aliphatic carbocycles. The number of benzene rings is 1. The molecule has 1 heterocycles. The van der Waals surface area contributed by atoms with Gasteiger partial charge in [-0.25, -0.2) is 4.98 Å². The van der Waals surface area contributed by atoms with Crippen molar-refractivity contribution >= 4 is 17.4 Å². The van der Waals surface area contributed by atoms with Gasteiger partial charge in [-0.2, -0.15) is 0 Å². The third kappa shape index (κ3) is 3.22. The summed E-state index contributed by atoms with van der Waals surface area (Å²) in [5, 5.41) is 20.3. The molecule has 0 bridgehead atoms. The Morgan fingerprint density at radius 3 is 2.80 bits per heavy atom. The first-order valence-corrected chi connectivity index (χ1v) is 6.45. The predicted octanol–water partition coefficient (Wildman–Crippen LogP) is 1.63. The lowest BCUT2D eigenvalue weighted by atomic mass is 10.2. The van der Waals surface area contributed by atoms with Gasteiger partial charge in [0.05, 0.1) is 17.1 Å². The van der Waals surface area contributed by atoms with Crippen molar-refractivity contribution in [1.29, 1.82) is 0 Å². The standard InChI is InChI=1S/C12H11N3O4S/c1-7-4-11(17)14-12(13-7)20-9-2-3-10(15(18)19)8(5-9)6-16/h2-5,16H,6H2,1H3,(H,13,14,17). The van der Waals surface area contributed by atoms with Crippen LogP contribution in [0.2, 0.25) is 0 Å². The summed E-state index contributed by atoms with van der Waals surface area (Å²) < 4.78 is 0. The van der Waals surface area contributed by atoms with E-state index in [2.05, 4.69) is 9.97 Å². The molecule has 0 fully saturated rings. The van der Waals surface area contributed by atoms with Gasteiger partial charge in [0.2, 0.25) is 0 Å². The van der Waals surface area contributed by atoms with E-state index < -0.39 is 11.5 Å². The molecule has 1 aromatic carbocycles. The zero-order valence-electron chi connectivity index (χ0n) is 10.5. The normalized spacial score (nSPS) is 10.5. The van der Waals surface area contributed by atoms with E-state index in [1.807, 2.05) is 0 Å². The molecule has 2 rings (SSSR count). The Balaban J connectivity index is 2.34. The van der Waals surface area contributed by atoms with Gasteiger partial charge in [0, 0.05) is 22.7 Å². The quantitative estimate of drug-likeness (QED) is 0.504. The Morgan fingerprint density at radius 2 is 2.20 bits per heavy atom. The van der Waals surface area contributed by atoms with Crippen molar-refractivity contribution in [3.8, 4) is 0 Å². The second-order valence-electron chi connectivity index (χ2n) is 4.00. The van der Waals surface area contributed by atoms with Crippen LogP contribution in [0.4, 0.5) is 5.69 Å². The lowest BCUT2D eigenvalue weighted by Gasteiger charge is -2.04. The average molecular weight is 293 g/mol. The molecular formula is C12H11N3O4S. The number of nitrogens with one attached hydrogen (secondary N) is 1. The van der Waals surface area contributed by atoms with Crippen molar-refractivity contribution in [1.82, 2.24) is 9.97 Å². The summed E-state index contributed by atoms with van der Waals surface area (Å²) in [4.78, 5) is 28.9. The van der Waals surface area contributed by atoms with Gasteiger partial charge in [-0.3, -0.25) is 14.9 Å². The lowest BCUT2D eigenvalue weighted by molar-refractivity contribution is -0.385. The maximum Gasteiger partial charge on any atom is 0.274 e. The minimum atomic E-state index is -0.549. The fourth-order valence-electron chi connectivity index (χ4n) is 1.64. The van der Waals surface area contributed by atoms with E-state index in [0.29, 0.717) is 15.7 Å². The summed E-state index contributed by atoms with van der Waals surface area (Å²) >= 11 is 1.17. The number of nitrogens with zero attached hydrogens (tertiary/aromatic N) is 2. The molecule has 0 aliphatic heterocycles. The fraction of sp³-hybridized carbons (Fsp3) is 0.167. The number of hydrogen-bond acceptors (Lipinski definition) is 6. The molecule has 2 N–H and O–H groups in total. The third-order valence-corrected chi connectivity index (χ3v) is 3.36. The molecule has 0 spiro atoms. The van der Waals surface area contributed by atoms with E-state index in [4.69, 9.17) is 5.11 Å². The van der Waals surface area contributed by atoms with Crippen molar-refractivity contribution in [2.45, 2.75) is 23.6 Å². The molecule has 0 radical (unpaired) electrons. The molecule has 0 atom stereocenters. The van der Waals surface area contributed by atoms with E-state index in [9.17, 15) is 14.9 Å². The molecule has 20 heavy (non-hydrogen) atoms. The molecule has 104 valence electrons. The van der Waals surface area contributed by atoms with Gasteiger partial charge in [0.15, 0.2) is 5.16 Å². The van der Waals surface area contributed by atoms with Crippen LogP contribution < -0.4 is 5.56 Å². The summed E-state index contributed by atoms with van der Waals surface area (Å²) in [6, 6.07) is 5.75. The first-order chi connectivity index (χ1) is 9.49. The van der Waals surface area contributed by atoms with Crippen molar-refractivity contribution in [3.05, 3.63) is 56.0 Å². The van der Waals surface area contributed by atoms with Crippen LogP contribution in [-0.4, -0.2) is 20.0 Å². The maximum absolute atomic E-state index is 11.3. The van der Waals surface area contributed by atoms with Crippen molar-refractivity contribution in [3.63, 3.8) is 0 Å². The van der Waals surface area contributed by atoms with Crippen LogP contribution in [0.15, 0.2) is 39.1 Å². The first kappa shape index (κ1) is 14.2. The Kier molecular flexibility index (Phi) is 4.16. The number of aromatic nitrogens is 2. The smallest absolute Gasteiger partial charge is 0.274 e. The number of H-pyrrole nitrogens is 1. The van der Waals surface area contributed by atoms with Crippen molar-refractivity contribution in [2.24, 2.45) is 0 Å². The highest BCUT2D eigenvalue weighted by Gasteiger charge is 2.14. The second-order valence-corrected chi connectivity index (χ2v) is 5.06. The number of aliphatic hydroxyl groups is 1. The Morgan fingerprint density at radius 1 is 1.45 bits per heavy atom. The van der Waals surface area contributed by atoms with E-state index in [1.165, 1.54) is 30.0 Å². The van der Waals surface area contributed by atoms with E-state index in [0.717, 1.165) is 0 Å². The summed E-state index contributed by atoms with van der Waals surface area (Å²) in [5.74, 6) is 0. The summed E-state index contributed by atoms with van der Waals surface area (Å²) in [7, 11) is 0. The van der Waals surface area contributed by atoms with Gasteiger partial charge in [-0.1, -0.05) is 11.8 Å². The SMILES string of the molecule is Cc1cc(=O)[nH]c(Sc2ccc([N+](=O)[O-])c(CO)c2)n1. The number of aromatic amines is 1. The van der Waals surface area contributed by atoms with Gasteiger partial charge in [-0.15, -0.1) is 0 Å². The number of aryl methyl sites for hydroxylation is 1. The van der Waals surface area contributed by atoms with Gasteiger partial charge < -0.3 is 10.1 Å². The van der Waals surface area contributed by atoms with Gasteiger partial charge >= 0.3 is 0 Å². The number of nitro groups is 1. The monoisotopic (exact) mass is 293 g/mol. The molecular weight excluding hydrogens is 282 g/mol. The van der Waals surface area contributed by atoms with Crippen LogP contribution in [0.5, 0.6) is 0 Å². The highest BCUT2D eigenvalue weighted by Crippen LogP contribution is 2.29. The lowest BCUT2D eigenvalue weighted by Crippen LogP contribution is -2.07. The Hall–Kier alpha value is -2.19. The number of nitro benzene ring substituents is 1. The first-order valence-electron chi connectivity index (χ1n) is 5.63. The average Bonchev–Trinajstić information content (AvgIpc) is 2.37. The molecule has 2 aromatic rings. The number of aliphatic hydroxyl groups excluding tert-OH is 1. The molecule has 7 nitrogen and oxygen atoms in total.